The third kappa shape index (κ3) is 2.34. The van der Waals surface area contributed by atoms with Crippen molar-refractivity contribution in [3.05, 3.63) is 34.2 Å². The maximum absolute atomic E-state index is 11.0. The number of carboxylic acid groups (broad SMARTS) is 1. The van der Waals surface area contributed by atoms with Crippen LogP contribution < -0.4 is 0 Å². The molecular weight excluding hydrogens is 232 g/mol. The van der Waals surface area contributed by atoms with E-state index in [-0.39, 0.29) is 0 Å². The summed E-state index contributed by atoms with van der Waals surface area (Å²) < 4.78 is 1.19. The number of aromatic carboxylic acids is 1. The number of unbranched alkanes of at least 4 members (excludes halogenated alkanes) is 1. The fraction of sp³-hybridized carbons (Fsp3) is 0.357. The van der Waals surface area contributed by atoms with Crippen molar-refractivity contribution in [2.24, 2.45) is 0 Å². The minimum Gasteiger partial charge on any atom is -0.478 e. The van der Waals surface area contributed by atoms with E-state index in [1.54, 1.807) is 17.4 Å². The first-order valence-electron chi connectivity index (χ1n) is 5.88. The predicted molar refractivity (Wildman–Crippen MR) is 72.1 cm³/mol. The Morgan fingerprint density at radius 1 is 1.41 bits per heavy atom. The molecule has 0 aliphatic rings. The van der Waals surface area contributed by atoms with Gasteiger partial charge in [-0.2, -0.15) is 0 Å². The smallest absolute Gasteiger partial charge is 0.335 e. The highest BCUT2D eigenvalue weighted by Gasteiger charge is 2.11. The second-order valence-electron chi connectivity index (χ2n) is 4.26. The van der Waals surface area contributed by atoms with Crippen LogP contribution >= 0.6 is 11.3 Å². The molecule has 0 saturated carbocycles. The van der Waals surface area contributed by atoms with Crippen molar-refractivity contribution in [2.75, 3.05) is 0 Å². The number of thiophene rings is 1. The zero-order valence-electron chi connectivity index (χ0n) is 10.1. The Hall–Kier alpha value is -1.35. The summed E-state index contributed by atoms with van der Waals surface area (Å²) in [6, 6.07) is 5.42. The molecule has 0 saturated heterocycles. The summed E-state index contributed by atoms with van der Waals surface area (Å²) in [6.07, 6.45) is 3.37. The van der Waals surface area contributed by atoms with Crippen LogP contribution in [0.4, 0.5) is 0 Å². The normalized spacial score (nSPS) is 10.9. The summed E-state index contributed by atoms with van der Waals surface area (Å²) in [4.78, 5) is 12.3. The maximum Gasteiger partial charge on any atom is 0.335 e. The van der Waals surface area contributed by atoms with Gasteiger partial charge in [0.2, 0.25) is 0 Å². The van der Waals surface area contributed by atoms with E-state index < -0.39 is 5.97 Å². The maximum atomic E-state index is 11.0. The van der Waals surface area contributed by atoms with Gasteiger partial charge in [-0.3, -0.25) is 0 Å². The number of rotatable bonds is 4. The summed E-state index contributed by atoms with van der Waals surface area (Å²) in [5.41, 5.74) is 1.71. The molecule has 0 unspecified atom stereocenters. The van der Waals surface area contributed by atoms with Crippen molar-refractivity contribution < 1.29 is 9.90 Å². The molecule has 1 aromatic carbocycles. The monoisotopic (exact) mass is 248 g/mol. The van der Waals surface area contributed by atoms with Gasteiger partial charge in [0.1, 0.15) is 0 Å². The highest BCUT2D eigenvalue weighted by Crippen LogP contribution is 2.32. The molecule has 0 radical (unpaired) electrons. The van der Waals surface area contributed by atoms with Crippen molar-refractivity contribution in [2.45, 2.75) is 33.1 Å². The number of carbonyl (C=O) groups is 1. The van der Waals surface area contributed by atoms with Gasteiger partial charge in [-0.15, -0.1) is 11.3 Å². The van der Waals surface area contributed by atoms with E-state index in [4.69, 9.17) is 5.11 Å². The van der Waals surface area contributed by atoms with Crippen LogP contribution in [-0.4, -0.2) is 11.1 Å². The van der Waals surface area contributed by atoms with Crippen LogP contribution in [-0.2, 0) is 6.42 Å². The second-order valence-corrected chi connectivity index (χ2v) is 5.51. The van der Waals surface area contributed by atoms with Crippen LogP contribution in [0.15, 0.2) is 18.2 Å². The number of aryl methyl sites for hydroxylation is 2. The van der Waals surface area contributed by atoms with E-state index in [1.807, 2.05) is 12.1 Å². The lowest BCUT2D eigenvalue weighted by atomic mass is 10.0. The molecule has 0 bridgehead atoms. The first-order chi connectivity index (χ1) is 8.13. The molecule has 90 valence electrons. The largest absolute Gasteiger partial charge is 0.478 e. The van der Waals surface area contributed by atoms with Crippen LogP contribution in [0.1, 0.15) is 40.6 Å². The minimum atomic E-state index is -0.850. The second kappa shape index (κ2) is 4.88. The summed E-state index contributed by atoms with van der Waals surface area (Å²) >= 11 is 1.76. The van der Waals surface area contributed by atoms with Gasteiger partial charge in [0.25, 0.3) is 0 Å². The van der Waals surface area contributed by atoms with Gasteiger partial charge in [0, 0.05) is 9.58 Å². The average molecular weight is 248 g/mol. The quantitative estimate of drug-likeness (QED) is 0.878. The minimum absolute atomic E-state index is 0.382. The highest BCUT2D eigenvalue weighted by molar-refractivity contribution is 7.19. The molecule has 2 nitrogen and oxygen atoms in total. The molecule has 0 aliphatic heterocycles. The summed E-state index contributed by atoms with van der Waals surface area (Å²) in [5.74, 6) is -0.850. The predicted octanol–water partition coefficient (Wildman–Crippen LogP) is 4.25. The molecule has 17 heavy (non-hydrogen) atoms. The Balaban J connectivity index is 2.52. The molecule has 1 aromatic heterocycles. The topological polar surface area (TPSA) is 37.3 Å². The van der Waals surface area contributed by atoms with Gasteiger partial charge in [-0.05, 0) is 48.9 Å². The Morgan fingerprint density at radius 2 is 2.18 bits per heavy atom. The fourth-order valence-electron chi connectivity index (χ4n) is 2.07. The molecule has 0 atom stereocenters. The van der Waals surface area contributed by atoms with Gasteiger partial charge in [-0.25, -0.2) is 4.79 Å². The van der Waals surface area contributed by atoms with Gasteiger partial charge < -0.3 is 5.11 Å². The van der Waals surface area contributed by atoms with Crippen LogP contribution in [0, 0.1) is 6.92 Å². The summed E-state index contributed by atoms with van der Waals surface area (Å²) in [7, 11) is 0. The lowest BCUT2D eigenvalue weighted by Gasteiger charge is -2.01. The first kappa shape index (κ1) is 12.1. The van der Waals surface area contributed by atoms with E-state index in [9.17, 15) is 4.79 Å². The lowest BCUT2D eigenvalue weighted by molar-refractivity contribution is 0.0697. The molecule has 1 heterocycles. The van der Waals surface area contributed by atoms with Gasteiger partial charge >= 0.3 is 5.97 Å². The molecule has 2 rings (SSSR count). The summed E-state index contributed by atoms with van der Waals surface area (Å²) in [6.45, 7) is 4.29. The molecule has 0 aliphatic carbocycles. The van der Waals surface area contributed by atoms with Gasteiger partial charge in [-0.1, -0.05) is 13.3 Å². The van der Waals surface area contributed by atoms with Crippen molar-refractivity contribution in [1.29, 1.82) is 0 Å². The Kier molecular flexibility index (Phi) is 3.48. The van der Waals surface area contributed by atoms with Gasteiger partial charge in [0.05, 0.1) is 5.56 Å². The van der Waals surface area contributed by atoms with Crippen LogP contribution in [0.2, 0.25) is 0 Å². The molecule has 1 N–H and O–H groups in total. The zero-order valence-corrected chi connectivity index (χ0v) is 10.9. The van der Waals surface area contributed by atoms with Gasteiger partial charge in [0.15, 0.2) is 0 Å². The van der Waals surface area contributed by atoms with E-state index >= 15 is 0 Å². The Labute approximate surface area is 105 Å². The number of hydrogen-bond donors (Lipinski definition) is 1. The van der Waals surface area contributed by atoms with Crippen molar-refractivity contribution in [1.82, 2.24) is 0 Å². The molecular formula is C14H16O2S. The van der Waals surface area contributed by atoms with Crippen molar-refractivity contribution in [3.63, 3.8) is 0 Å². The number of fused-ring (bicyclic) bond motifs is 1. The number of hydrogen-bond acceptors (Lipinski definition) is 2. The summed E-state index contributed by atoms with van der Waals surface area (Å²) in [5, 5.41) is 10.1. The fourth-order valence-corrected chi connectivity index (χ4v) is 3.16. The first-order valence-corrected chi connectivity index (χ1v) is 6.70. The number of benzene rings is 1. The van der Waals surface area contributed by atoms with Crippen molar-refractivity contribution >= 4 is 27.4 Å². The molecule has 3 heteroatoms. The van der Waals surface area contributed by atoms with Crippen molar-refractivity contribution in [3.8, 4) is 0 Å². The number of carboxylic acids is 1. The standard InChI is InChI=1S/C14H16O2S/c1-3-4-5-11-9(2)17-13-7-6-10(14(15)16)8-12(11)13/h6-8H,3-5H2,1-2H3,(H,15,16). The van der Waals surface area contributed by atoms with Crippen LogP contribution in [0.5, 0.6) is 0 Å². The SMILES string of the molecule is CCCCc1c(C)sc2ccc(C(=O)O)cc12. The molecule has 0 fully saturated rings. The highest BCUT2D eigenvalue weighted by atomic mass is 32.1. The third-order valence-corrected chi connectivity index (χ3v) is 4.15. The third-order valence-electron chi connectivity index (χ3n) is 3.02. The Morgan fingerprint density at radius 3 is 2.82 bits per heavy atom. The van der Waals surface area contributed by atoms with E-state index in [1.165, 1.54) is 15.1 Å². The van der Waals surface area contributed by atoms with E-state index in [0.29, 0.717) is 5.56 Å². The average Bonchev–Trinajstić information content (AvgIpc) is 2.61. The van der Waals surface area contributed by atoms with E-state index in [2.05, 4.69) is 13.8 Å². The molecule has 0 amide bonds. The van der Waals surface area contributed by atoms with Crippen LogP contribution in [0.3, 0.4) is 0 Å². The van der Waals surface area contributed by atoms with E-state index in [0.717, 1.165) is 24.6 Å². The lowest BCUT2D eigenvalue weighted by Crippen LogP contribution is -1.95. The molecule has 2 aromatic rings. The molecule has 0 spiro atoms. The Bertz CT molecular complexity index is 555. The van der Waals surface area contributed by atoms with Crippen LogP contribution in [0.25, 0.3) is 10.1 Å². The zero-order chi connectivity index (χ0) is 12.4.